The first-order valence-electron chi connectivity index (χ1n) is 7.31. The molecule has 0 bridgehead atoms. The Morgan fingerprint density at radius 2 is 2.10 bits per heavy atom. The third-order valence-electron chi connectivity index (χ3n) is 4.18. The second-order valence-corrected chi connectivity index (χ2v) is 6.06. The van der Waals surface area contributed by atoms with Crippen LogP contribution in [0.1, 0.15) is 41.6 Å². The zero-order valence-electron chi connectivity index (χ0n) is 12.1. The Kier molecular flexibility index (Phi) is 4.18. The molecule has 0 fully saturated rings. The highest BCUT2D eigenvalue weighted by Gasteiger charge is 2.24. The molecule has 0 saturated heterocycles. The summed E-state index contributed by atoms with van der Waals surface area (Å²) >= 11 is 5.98. The van der Waals surface area contributed by atoms with E-state index in [0.29, 0.717) is 24.0 Å². The van der Waals surface area contributed by atoms with Gasteiger partial charge in [-0.1, -0.05) is 35.9 Å². The predicted molar refractivity (Wildman–Crippen MR) is 85.1 cm³/mol. The lowest BCUT2D eigenvalue weighted by Gasteiger charge is -2.28. The molecule has 3 heteroatoms. The average molecular weight is 303 g/mol. The number of hydrogen-bond donors (Lipinski definition) is 1. The Labute approximate surface area is 130 Å². The Bertz CT molecular complexity index is 639. The molecule has 3 rings (SSSR count). The summed E-state index contributed by atoms with van der Waals surface area (Å²) in [5.74, 6) is 1.29. The molecule has 0 aliphatic carbocycles. The van der Waals surface area contributed by atoms with Crippen molar-refractivity contribution in [2.45, 2.75) is 31.8 Å². The molecule has 2 aromatic carbocycles. The van der Waals surface area contributed by atoms with E-state index < -0.39 is 6.10 Å². The van der Waals surface area contributed by atoms with Gasteiger partial charge in [0.1, 0.15) is 5.75 Å². The summed E-state index contributed by atoms with van der Waals surface area (Å²) in [5, 5.41) is 11.3. The number of halogens is 1. The fourth-order valence-electron chi connectivity index (χ4n) is 3.07. The molecular weight excluding hydrogens is 284 g/mol. The minimum absolute atomic E-state index is 0.333. The number of aryl methyl sites for hydroxylation is 1. The van der Waals surface area contributed by atoms with E-state index in [9.17, 15) is 5.11 Å². The number of aliphatic hydroxyl groups excluding tert-OH is 1. The topological polar surface area (TPSA) is 29.5 Å². The van der Waals surface area contributed by atoms with Crippen LogP contribution in [-0.2, 0) is 0 Å². The first-order chi connectivity index (χ1) is 10.1. The van der Waals surface area contributed by atoms with E-state index in [1.54, 1.807) is 0 Å². The van der Waals surface area contributed by atoms with Crippen LogP contribution < -0.4 is 4.74 Å². The van der Waals surface area contributed by atoms with Crippen molar-refractivity contribution < 1.29 is 9.84 Å². The Morgan fingerprint density at radius 1 is 1.29 bits per heavy atom. The number of hydrogen-bond acceptors (Lipinski definition) is 2. The van der Waals surface area contributed by atoms with Crippen molar-refractivity contribution in [3.8, 4) is 5.75 Å². The normalized spacial score (nSPS) is 18.7. The Balaban J connectivity index is 1.81. The van der Waals surface area contributed by atoms with Gasteiger partial charge in [0.05, 0.1) is 12.7 Å². The highest BCUT2D eigenvalue weighted by atomic mass is 35.5. The van der Waals surface area contributed by atoms with Gasteiger partial charge in [-0.3, -0.25) is 0 Å². The second-order valence-electron chi connectivity index (χ2n) is 5.62. The van der Waals surface area contributed by atoms with Crippen LogP contribution in [0.25, 0.3) is 0 Å². The van der Waals surface area contributed by atoms with Crippen LogP contribution in [0.3, 0.4) is 0 Å². The largest absolute Gasteiger partial charge is 0.493 e. The molecule has 0 saturated carbocycles. The fraction of sp³-hybridized carbons (Fsp3) is 0.333. The van der Waals surface area contributed by atoms with Crippen LogP contribution in [0, 0.1) is 6.92 Å². The average Bonchev–Trinajstić information content (AvgIpc) is 2.47. The van der Waals surface area contributed by atoms with Crippen LogP contribution in [0.4, 0.5) is 0 Å². The Morgan fingerprint density at radius 3 is 2.90 bits per heavy atom. The molecule has 1 aliphatic heterocycles. The lowest BCUT2D eigenvalue weighted by atomic mass is 9.86. The van der Waals surface area contributed by atoms with Gasteiger partial charge < -0.3 is 9.84 Å². The molecule has 0 radical (unpaired) electrons. The third-order valence-corrected chi connectivity index (χ3v) is 4.42. The number of benzene rings is 2. The van der Waals surface area contributed by atoms with Crippen LogP contribution >= 0.6 is 11.6 Å². The van der Waals surface area contributed by atoms with Gasteiger partial charge in [0.15, 0.2) is 0 Å². The summed E-state index contributed by atoms with van der Waals surface area (Å²) in [6.45, 7) is 2.70. The standard InChI is InChI=1S/C18H19ClO2/c1-12-10-14(19)6-7-15(12)17(20)11-13-8-9-21-18-5-3-2-4-16(13)18/h2-7,10,13,17,20H,8-9,11H2,1H3. The molecule has 21 heavy (non-hydrogen) atoms. The minimum atomic E-state index is -0.474. The van der Waals surface area contributed by atoms with Gasteiger partial charge in [0, 0.05) is 5.02 Å². The molecule has 2 nitrogen and oxygen atoms in total. The van der Waals surface area contributed by atoms with Gasteiger partial charge in [0.2, 0.25) is 0 Å². The molecule has 0 spiro atoms. The van der Waals surface area contributed by atoms with E-state index in [0.717, 1.165) is 23.3 Å². The number of aliphatic hydroxyl groups is 1. The number of ether oxygens (including phenoxy) is 1. The van der Waals surface area contributed by atoms with Gasteiger partial charge in [-0.2, -0.15) is 0 Å². The molecule has 1 N–H and O–H groups in total. The van der Waals surface area contributed by atoms with Crippen molar-refractivity contribution in [1.82, 2.24) is 0 Å². The smallest absolute Gasteiger partial charge is 0.122 e. The molecule has 2 unspecified atom stereocenters. The summed E-state index contributed by atoms with van der Waals surface area (Å²) in [6, 6.07) is 13.8. The molecule has 0 aromatic heterocycles. The van der Waals surface area contributed by atoms with Crippen molar-refractivity contribution >= 4 is 11.6 Å². The van der Waals surface area contributed by atoms with Gasteiger partial charge in [0.25, 0.3) is 0 Å². The summed E-state index contributed by atoms with van der Waals surface area (Å²) < 4.78 is 5.68. The highest BCUT2D eigenvalue weighted by Crippen LogP contribution is 2.39. The maximum atomic E-state index is 10.6. The summed E-state index contributed by atoms with van der Waals surface area (Å²) in [5.41, 5.74) is 3.20. The third kappa shape index (κ3) is 3.07. The van der Waals surface area contributed by atoms with Gasteiger partial charge in [-0.25, -0.2) is 0 Å². The summed E-state index contributed by atoms with van der Waals surface area (Å²) in [4.78, 5) is 0. The number of fused-ring (bicyclic) bond motifs is 1. The summed E-state index contributed by atoms with van der Waals surface area (Å²) in [6.07, 6.45) is 1.18. The first kappa shape index (κ1) is 14.4. The molecule has 110 valence electrons. The molecule has 2 aromatic rings. The lowest BCUT2D eigenvalue weighted by molar-refractivity contribution is 0.144. The molecule has 1 aliphatic rings. The molecular formula is C18H19ClO2. The van der Waals surface area contributed by atoms with Crippen molar-refractivity contribution in [2.24, 2.45) is 0 Å². The SMILES string of the molecule is Cc1cc(Cl)ccc1C(O)CC1CCOc2ccccc21. The van der Waals surface area contributed by atoms with E-state index in [1.165, 1.54) is 5.56 Å². The van der Waals surface area contributed by atoms with E-state index in [-0.39, 0.29) is 0 Å². The quantitative estimate of drug-likeness (QED) is 0.895. The van der Waals surface area contributed by atoms with Crippen LogP contribution in [0.2, 0.25) is 5.02 Å². The van der Waals surface area contributed by atoms with Gasteiger partial charge in [-0.15, -0.1) is 0 Å². The van der Waals surface area contributed by atoms with Crippen LogP contribution in [0.15, 0.2) is 42.5 Å². The van der Waals surface area contributed by atoms with Crippen molar-refractivity contribution in [1.29, 1.82) is 0 Å². The van der Waals surface area contributed by atoms with Crippen molar-refractivity contribution in [3.63, 3.8) is 0 Å². The number of rotatable bonds is 3. The Hall–Kier alpha value is -1.51. The van der Waals surface area contributed by atoms with Crippen molar-refractivity contribution in [3.05, 3.63) is 64.2 Å². The second kappa shape index (κ2) is 6.08. The monoisotopic (exact) mass is 302 g/mol. The first-order valence-corrected chi connectivity index (χ1v) is 7.69. The zero-order chi connectivity index (χ0) is 14.8. The van der Waals surface area contributed by atoms with E-state index >= 15 is 0 Å². The van der Waals surface area contributed by atoms with E-state index in [2.05, 4.69) is 6.07 Å². The minimum Gasteiger partial charge on any atom is -0.493 e. The molecule has 1 heterocycles. The maximum absolute atomic E-state index is 10.6. The lowest BCUT2D eigenvalue weighted by Crippen LogP contribution is -2.16. The maximum Gasteiger partial charge on any atom is 0.122 e. The van der Waals surface area contributed by atoms with Crippen LogP contribution in [0.5, 0.6) is 5.75 Å². The van der Waals surface area contributed by atoms with Crippen molar-refractivity contribution in [2.75, 3.05) is 6.61 Å². The molecule has 2 atom stereocenters. The fourth-order valence-corrected chi connectivity index (χ4v) is 3.30. The van der Waals surface area contributed by atoms with Gasteiger partial charge >= 0.3 is 0 Å². The van der Waals surface area contributed by atoms with Crippen LogP contribution in [-0.4, -0.2) is 11.7 Å². The van der Waals surface area contributed by atoms with Gasteiger partial charge in [-0.05, 0) is 60.6 Å². The van der Waals surface area contributed by atoms with E-state index in [4.69, 9.17) is 16.3 Å². The highest BCUT2D eigenvalue weighted by molar-refractivity contribution is 6.30. The number of para-hydroxylation sites is 1. The predicted octanol–water partition coefficient (Wildman–Crippen LogP) is 4.64. The zero-order valence-corrected chi connectivity index (χ0v) is 12.8. The molecule has 0 amide bonds. The van der Waals surface area contributed by atoms with E-state index in [1.807, 2.05) is 43.3 Å². The summed E-state index contributed by atoms with van der Waals surface area (Å²) in [7, 11) is 0.